The first-order valence-corrected chi connectivity index (χ1v) is 33.0. The van der Waals surface area contributed by atoms with Gasteiger partial charge in [-0.3, -0.25) is 23.5 Å². The second-order valence-electron chi connectivity index (χ2n) is 21.5. The van der Waals surface area contributed by atoms with Crippen LogP contribution in [0.1, 0.15) is 45.4 Å². The lowest BCUT2D eigenvalue weighted by molar-refractivity contribution is -0.304. The minimum atomic E-state index is -5.15. The molecular formula is C52H97N3O35P2-2. The highest BCUT2D eigenvalue weighted by Crippen LogP contribution is 2.34. The van der Waals surface area contributed by atoms with Crippen LogP contribution in [0, 0.1) is 5.41 Å². The van der Waals surface area contributed by atoms with Gasteiger partial charge in [0, 0.05) is 51.4 Å². The Bertz CT molecular complexity index is 1980. The fourth-order valence-electron chi connectivity index (χ4n) is 8.75. The molecule has 17 unspecified atom stereocenters. The molecule has 0 radical (unpaired) electrons. The molecule has 14 N–H and O–H groups in total. The maximum absolute atomic E-state index is 12.6. The summed E-state index contributed by atoms with van der Waals surface area (Å²) in [6.45, 7) is 2.79. The van der Waals surface area contributed by atoms with Crippen molar-refractivity contribution in [2.24, 2.45) is 5.41 Å². The minimum Gasteiger partial charge on any atom is -0.756 e. The minimum absolute atomic E-state index is 0.00688. The molecule has 0 aliphatic carbocycles. The zero-order valence-electron chi connectivity index (χ0n) is 51.7. The SMILES string of the molecule is COCC1OC(OCCOCCOCCNC(=O)CCCCC(C)(COCCC(=O)NCCOCCOCCOC2OC(COP(=O)([O-])O)C(O)C(O)C2O)COCCC(=O)NCCOCCOCCOC2OC(COP(=O)([O-])O)C(O)C(O)C2O)C(O)C(O)C1O. The van der Waals surface area contributed by atoms with Crippen LogP contribution in [-0.2, 0) is 104 Å². The topological polar surface area (TPSA) is 547 Å². The second kappa shape index (κ2) is 46.8. The van der Waals surface area contributed by atoms with E-state index >= 15 is 0 Å². The van der Waals surface area contributed by atoms with Crippen LogP contribution in [0.5, 0.6) is 0 Å². The van der Waals surface area contributed by atoms with Crippen molar-refractivity contribution in [1.82, 2.24) is 16.0 Å². The Morgan fingerprint density at radius 2 is 0.717 bits per heavy atom. The molecule has 542 valence electrons. The Morgan fingerprint density at radius 1 is 0.413 bits per heavy atom. The van der Waals surface area contributed by atoms with E-state index in [1.807, 2.05) is 6.92 Å². The van der Waals surface area contributed by atoms with Crippen molar-refractivity contribution in [3.8, 4) is 0 Å². The first-order valence-electron chi connectivity index (χ1n) is 30.0. The standard InChI is InChI=1S/C52H99N3O35P2/c1-52(8-4-3-5-37(56)53-9-14-75-17-20-78-23-26-83-49-46(65)43(62)40(59)34(88-49)29-74-2,32-81-12-6-38(57)54-10-15-76-18-21-79-24-27-84-50-47(66)44(63)41(60)35(89-50)30-86-91(68,69)70)33-82-13-7-39(58)55-11-16-77-19-22-80-25-28-85-51-48(67)45(64)42(61)36(90-51)31-87-92(71,72)73/h34-36,40-51,59-67H,3-33H2,1-2H3,(H,53,56)(H,54,57)(H,55,58)(H2,68,69,70)(H2,71,72,73)/p-2. The lowest BCUT2D eigenvalue weighted by Gasteiger charge is -2.40. The highest BCUT2D eigenvalue weighted by molar-refractivity contribution is 7.45. The monoisotopic (exact) mass is 1390 g/mol. The van der Waals surface area contributed by atoms with Crippen LogP contribution in [0.15, 0.2) is 0 Å². The van der Waals surface area contributed by atoms with Gasteiger partial charge in [-0.25, -0.2) is 0 Å². The van der Waals surface area contributed by atoms with Crippen LogP contribution in [-0.4, -0.2) is 338 Å². The maximum atomic E-state index is 12.6. The maximum Gasteiger partial charge on any atom is 0.265 e. The summed E-state index contributed by atoms with van der Waals surface area (Å²) in [5, 5.41) is 99.0. The van der Waals surface area contributed by atoms with Crippen LogP contribution in [0.25, 0.3) is 0 Å². The van der Waals surface area contributed by atoms with Gasteiger partial charge in [-0.05, 0) is 12.8 Å². The predicted molar refractivity (Wildman–Crippen MR) is 303 cm³/mol. The zero-order chi connectivity index (χ0) is 68.0. The van der Waals surface area contributed by atoms with Crippen molar-refractivity contribution in [3.05, 3.63) is 0 Å². The highest BCUT2D eigenvalue weighted by atomic mass is 31.2. The van der Waals surface area contributed by atoms with E-state index in [9.17, 15) is 79.3 Å². The summed E-state index contributed by atoms with van der Waals surface area (Å²) in [5.74, 6) is -0.768. The van der Waals surface area contributed by atoms with Crippen molar-refractivity contribution in [2.75, 3.05) is 172 Å². The number of phosphoric ester groups is 2. The van der Waals surface area contributed by atoms with Crippen LogP contribution in [0.2, 0.25) is 0 Å². The van der Waals surface area contributed by atoms with Crippen molar-refractivity contribution in [1.29, 1.82) is 0 Å². The summed E-state index contributed by atoms with van der Waals surface area (Å²) >= 11 is 0. The fourth-order valence-corrected chi connectivity index (χ4v) is 9.42. The number of hydrogen-bond acceptors (Lipinski definition) is 33. The molecule has 0 bridgehead atoms. The highest BCUT2D eigenvalue weighted by Gasteiger charge is 2.47. The van der Waals surface area contributed by atoms with E-state index in [0.29, 0.717) is 19.3 Å². The summed E-state index contributed by atoms with van der Waals surface area (Å²) in [6.07, 6.45) is -20.5. The van der Waals surface area contributed by atoms with Crippen LogP contribution < -0.4 is 25.7 Å². The van der Waals surface area contributed by atoms with E-state index in [1.165, 1.54) is 7.11 Å². The Balaban J connectivity index is 1.29. The van der Waals surface area contributed by atoms with Gasteiger partial charge in [0.15, 0.2) is 18.9 Å². The molecule has 92 heavy (non-hydrogen) atoms. The van der Waals surface area contributed by atoms with E-state index in [4.69, 9.17) is 80.8 Å². The van der Waals surface area contributed by atoms with Gasteiger partial charge < -0.3 is 162 Å². The fraction of sp³-hybridized carbons (Fsp3) is 0.942. The molecule has 0 aromatic rings. The molecule has 3 saturated heterocycles. The number of rotatable bonds is 53. The molecule has 3 aliphatic heterocycles. The number of methoxy groups -OCH3 is 1. The van der Waals surface area contributed by atoms with Crippen LogP contribution in [0.3, 0.4) is 0 Å². The summed E-state index contributed by atoms with van der Waals surface area (Å²) in [5.41, 5.74) is -0.577. The lowest BCUT2D eigenvalue weighted by Crippen LogP contribution is -2.59. The third-order valence-electron chi connectivity index (χ3n) is 13.8. The lowest BCUT2D eigenvalue weighted by atomic mass is 9.86. The molecule has 38 nitrogen and oxygen atoms in total. The van der Waals surface area contributed by atoms with E-state index in [0.717, 1.165) is 0 Å². The van der Waals surface area contributed by atoms with Crippen molar-refractivity contribution in [2.45, 2.75) is 138 Å². The molecular weight excluding hydrogens is 1290 g/mol. The van der Waals surface area contributed by atoms with Gasteiger partial charge in [0.1, 0.15) is 73.2 Å². The molecule has 3 fully saturated rings. The summed E-state index contributed by atoms with van der Waals surface area (Å²) in [7, 11) is -8.89. The molecule has 3 heterocycles. The number of carbonyl (C=O) groups excluding carboxylic acids is 3. The Hall–Kier alpha value is -2.33. The quantitative estimate of drug-likeness (QED) is 0.0199. The molecule has 3 amide bonds. The number of aliphatic hydroxyl groups is 9. The van der Waals surface area contributed by atoms with Crippen LogP contribution in [0.4, 0.5) is 0 Å². The normalized spacial score (nSPS) is 28.8. The van der Waals surface area contributed by atoms with Gasteiger partial charge in [-0.15, -0.1) is 0 Å². The molecule has 17 atom stereocenters. The average Bonchev–Trinajstić information content (AvgIpc) is 0.889. The van der Waals surface area contributed by atoms with Gasteiger partial charge in [-0.2, -0.15) is 0 Å². The summed E-state index contributed by atoms with van der Waals surface area (Å²) in [6, 6.07) is 0. The first-order chi connectivity index (χ1) is 43.8. The van der Waals surface area contributed by atoms with Gasteiger partial charge >= 0.3 is 0 Å². The average molecular weight is 1390 g/mol. The van der Waals surface area contributed by atoms with Crippen molar-refractivity contribution < 1.29 is 169 Å². The van der Waals surface area contributed by atoms with Gasteiger partial charge in [0.2, 0.25) is 17.7 Å². The summed E-state index contributed by atoms with van der Waals surface area (Å²) < 4.78 is 112. The van der Waals surface area contributed by atoms with Crippen molar-refractivity contribution >= 4 is 33.4 Å². The Morgan fingerprint density at radius 3 is 1.04 bits per heavy atom. The number of hydrogen-bond donors (Lipinski definition) is 14. The largest absolute Gasteiger partial charge is 0.756 e. The van der Waals surface area contributed by atoms with E-state index in [-0.39, 0.29) is 189 Å². The molecule has 0 aromatic carbocycles. The second-order valence-corrected chi connectivity index (χ2v) is 23.9. The number of ether oxygens (including phenoxy) is 15. The van der Waals surface area contributed by atoms with Crippen molar-refractivity contribution in [3.63, 3.8) is 0 Å². The number of carbonyl (C=O) groups is 3. The van der Waals surface area contributed by atoms with E-state index in [2.05, 4.69) is 25.0 Å². The molecule has 40 heteroatoms. The first kappa shape index (κ1) is 83.9. The number of aliphatic hydroxyl groups excluding tert-OH is 9. The third-order valence-corrected chi connectivity index (χ3v) is 14.7. The van der Waals surface area contributed by atoms with Crippen LogP contribution >= 0.6 is 15.6 Å². The van der Waals surface area contributed by atoms with Gasteiger partial charge in [0.25, 0.3) is 15.6 Å². The molecule has 3 rings (SSSR count). The zero-order valence-corrected chi connectivity index (χ0v) is 53.5. The molecule has 3 aliphatic rings. The number of unbranched alkanes of at least 4 members (excludes halogenated alkanes) is 1. The molecule has 0 saturated carbocycles. The van der Waals surface area contributed by atoms with E-state index in [1.54, 1.807) is 0 Å². The smallest absolute Gasteiger partial charge is 0.265 e. The van der Waals surface area contributed by atoms with Gasteiger partial charge in [-0.1, -0.05) is 13.3 Å². The number of amides is 3. The third kappa shape index (κ3) is 35.8. The van der Waals surface area contributed by atoms with Gasteiger partial charge in [0.05, 0.1) is 145 Å². The number of nitrogens with one attached hydrogen (secondary N) is 3. The Labute approximate surface area is 532 Å². The molecule has 0 spiro atoms. The molecule has 0 aromatic heterocycles. The summed E-state index contributed by atoms with van der Waals surface area (Å²) in [4.78, 5) is 77.2. The predicted octanol–water partition coefficient (Wildman–Crippen LogP) is -8.11. The number of phosphoric acid groups is 2. The Kier molecular flexibility index (Phi) is 42.7. The van der Waals surface area contributed by atoms with E-state index < -0.39 is 126 Å².